The largest absolute Gasteiger partial charge is 0.465 e. The summed E-state index contributed by atoms with van der Waals surface area (Å²) in [4.78, 5) is 23.2. The number of carbonyl (C=O) groups excluding carboxylic acids is 2. The first-order chi connectivity index (χ1) is 10.0. The average Bonchev–Trinajstić information content (AvgIpc) is 2.94. The summed E-state index contributed by atoms with van der Waals surface area (Å²) >= 11 is 0. The molecule has 0 bridgehead atoms. The van der Waals surface area contributed by atoms with Crippen molar-refractivity contribution >= 4 is 17.9 Å². The molecule has 0 aromatic carbocycles. The van der Waals surface area contributed by atoms with E-state index in [4.69, 9.17) is 10.2 Å². The van der Waals surface area contributed by atoms with Crippen LogP contribution in [-0.2, 0) is 9.59 Å². The Morgan fingerprint density at radius 2 is 2.19 bits per heavy atom. The first kappa shape index (κ1) is 17.0. The number of amides is 2. The van der Waals surface area contributed by atoms with E-state index in [9.17, 15) is 9.59 Å². The summed E-state index contributed by atoms with van der Waals surface area (Å²) in [6.07, 6.45) is 5.19. The van der Waals surface area contributed by atoms with Gasteiger partial charge in [-0.3, -0.25) is 9.59 Å². The van der Waals surface area contributed by atoms with Gasteiger partial charge in [-0.25, -0.2) is 0 Å². The lowest BCUT2D eigenvalue weighted by Gasteiger charge is -2.18. The van der Waals surface area contributed by atoms with Crippen molar-refractivity contribution < 1.29 is 14.0 Å². The lowest BCUT2D eigenvalue weighted by Crippen LogP contribution is -2.45. The maximum atomic E-state index is 11.7. The Morgan fingerprint density at radius 1 is 1.43 bits per heavy atom. The highest BCUT2D eigenvalue weighted by Gasteiger charge is 2.12. The zero-order valence-corrected chi connectivity index (χ0v) is 12.5. The van der Waals surface area contributed by atoms with E-state index in [-0.39, 0.29) is 24.4 Å². The van der Waals surface area contributed by atoms with Gasteiger partial charge in [0.25, 0.3) is 0 Å². The van der Waals surface area contributed by atoms with Gasteiger partial charge in [0, 0.05) is 18.7 Å². The van der Waals surface area contributed by atoms with Crippen molar-refractivity contribution in [3.63, 3.8) is 0 Å². The number of hydrogen-bond donors (Lipinski definition) is 3. The Labute approximate surface area is 124 Å². The van der Waals surface area contributed by atoms with E-state index >= 15 is 0 Å². The van der Waals surface area contributed by atoms with Gasteiger partial charge in [0.05, 0.1) is 12.8 Å². The van der Waals surface area contributed by atoms with Crippen molar-refractivity contribution in [3.8, 4) is 0 Å². The van der Waals surface area contributed by atoms with Gasteiger partial charge in [-0.05, 0) is 30.5 Å². The van der Waals surface area contributed by atoms with Crippen molar-refractivity contribution in [3.05, 3.63) is 30.2 Å². The van der Waals surface area contributed by atoms with Gasteiger partial charge in [0.2, 0.25) is 11.8 Å². The van der Waals surface area contributed by atoms with Crippen molar-refractivity contribution in [2.45, 2.75) is 26.3 Å². The minimum Gasteiger partial charge on any atom is -0.465 e. The molecule has 0 saturated heterocycles. The highest BCUT2D eigenvalue weighted by molar-refractivity contribution is 5.94. The molecule has 0 unspecified atom stereocenters. The number of rotatable bonds is 8. The van der Waals surface area contributed by atoms with Gasteiger partial charge in [-0.15, -0.1) is 0 Å². The summed E-state index contributed by atoms with van der Waals surface area (Å²) in [5.74, 6) is 0.431. The fourth-order valence-electron chi connectivity index (χ4n) is 1.83. The molecule has 1 heterocycles. The molecule has 0 fully saturated rings. The molecular weight excluding hydrogens is 270 g/mol. The summed E-state index contributed by atoms with van der Waals surface area (Å²) in [6, 6.07) is 3.40. The first-order valence-electron chi connectivity index (χ1n) is 7.00. The molecular formula is C15H23N3O3. The zero-order chi connectivity index (χ0) is 15.7. The van der Waals surface area contributed by atoms with Crippen molar-refractivity contribution in [1.82, 2.24) is 10.6 Å². The molecule has 0 aliphatic rings. The maximum Gasteiger partial charge on any atom is 0.244 e. The fourth-order valence-corrected chi connectivity index (χ4v) is 1.83. The van der Waals surface area contributed by atoms with E-state index in [2.05, 4.69) is 24.5 Å². The van der Waals surface area contributed by atoms with E-state index in [0.717, 1.165) is 6.42 Å². The molecule has 0 aliphatic carbocycles. The minimum atomic E-state index is -0.352. The zero-order valence-electron chi connectivity index (χ0n) is 12.5. The molecule has 6 nitrogen and oxygen atoms in total. The molecule has 1 aromatic rings. The Kier molecular flexibility index (Phi) is 7.25. The molecule has 4 N–H and O–H groups in total. The van der Waals surface area contributed by atoms with Crippen LogP contribution in [0.5, 0.6) is 0 Å². The van der Waals surface area contributed by atoms with Crippen LogP contribution in [0.4, 0.5) is 0 Å². The normalized spacial score (nSPS) is 12.6. The van der Waals surface area contributed by atoms with Gasteiger partial charge in [0.1, 0.15) is 5.76 Å². The van der Waals surface area contributed by atoms with Crippen LogP contribution in [0.2, 0.25) is 0 Å². The molecule has 0 radical (unpaired) electrons. The number of furan rings is 1. The quantitative estimate of drug-likeness (QED) is 0.620. The molecule has 0 aliphatic heterocycles. The number of carbonyl (C=O) groups is 2. The summed E-state index contributed by atoms with van der Waals surface area (Å²) in [5, 5.41) is 5.31. The minimum absolute atomic E-state index is 0.0620. The van der Waals surface area contributed by atoms with Crippen LogP contribution in [-0.4, -0.2) is 30.9 Å². The van der Waals surface area contributed by atoms with Gasteiger partial charge in [0.15, 0.2) is 0 Å². The Balaban J connectivity index is 2.30. The molecule has 2 amide bonds. The molecule has 1 atom stereocenters. The third-order valence-corrected chi connectivity index (χ3v) is 2.77. The molecule has 1 rings (SSSR count). The summed E-state index contributed by atoms with van der Waals surface area (Å²) in [7, 11) is 0. The van der Waals surface area contributed by atoms with Crippen LogP contribution in [0.25, 0.3) is 6.08 Å². The SMILES string of the molecule is CC(C)C[C@H](CN)NC(=O)CNC(=O)/C=C/c1ccco1. The molecule has 116 valence electrons. The van der Waals surface area contributed by atoms with Crippen LogP contribution < -0.4 is 16.4 Å². The summed E-state index contributed by atoms with van der Waals surface area (Å²) in [6.45, 7) is 4.44. The number of hydrogen-bond acceptors (Lipinski definition) is 4. The summed E-state index contributed by atoms with van der Waals surface area (Å²) < 4.78 is 5.05. The van der Waals surface area contributed by atoms with E-state index < -0.39 is 0 Å². The molecule has 0 spiro atoms. The van der Waals surface area contributed by atoms with Crippen LogP contribution >= 0.6 is 0 Å². The Hall–Kier alpha value is -2.08. The standard InChI is InChI=1S/C15H23N3O3/c1-11(2)8-12(9-16)18-15(20)10-17-14(19)6-5-13-4-3-7-21-13/h3-7,11-12H,8-10,16H2,1-2H3,(H,17,19)(H,18,20)/b6-5+/t12-/m1/s1. The van der Waals surface area contributed by atoms with Crippen LogP contribution in [0.15, 0.2) is 28.9 Å². The molecule has 21 heavy (non-hydrogen) atoms. The first-order valence-corrected chi connectivity index (χ1v) is 7.00. The predicted octanol–water partition coefficient (Wildman–Crippen LogP) is 0.899. The highest BCUT2D eigenvalue weighted by Crippen LogP contribution is 2.03. The van der Waals surface area contributed by atoms with Crippen LogP contribution in [0.1, 0.15) is 26.0 Å². The third kappa shape index (κ3) is 7.31. The predicted molar refractivity (Wildman–Crippen MR) is 81.2 cm³/mol. The maximum absolute atomic E-state index is 11.7. The second-order valence-corrected chi connectivity index (χ2v) is 5.20. The fraction of sp³-hybridized carbons (Fsp3) is 0.467. The molecule has 1 aromatic heterocycles. The second-order valence-electron chi connectivity index (χ2n) is 5.20. The smallest absolute Gasteiger partial charge is 0.244 e. The summed E-state index contributed by atoms with van der Waals surface area (Å²) in [5.41, 5.74) is 5.60. The van der Waals surface area contributed by atoms with E-state index in [1.54, 1.807) is 12.1 Å². The van der Waals surface area contributed by atoms with Crippen molar-refractivity contribution in [1.29, 1.82) is 0 Å². The molecule has 6 heteroatoms. The van der Waals surface area contributed by atoms with E-state index in [0.29, 0.717) is 18.2 Å². The highest BCUT2D eigenvalue weighted by atomic mass is 16.3. The second kappa shape index (κ2) is 8.97. The third-order valence-electron chi connectivity index (χ3n) is 2.77. The van der Waals surface area contributed by atoms with E-state index in [1.165, 1.54) is 18.4 Å². The van der Waals surface area contributed by atoms with Crippen LogP contribution in [0.3, 0.4) is 0 Å². The monoisotopic (exact) mass is 293 g/mol. The number of nitrogens with one attached hydrogen (secondary N) is 2. The van der Waals surface area contributed by atoms with Crippen LogP contribution in [0, 0.1) is 5.92 Å². The lowest BCUT2D eigenvalue weighted by molar-refractivity contribution is -0.124. The average molecular weight is 293 g/mol. The van der Waals surface area contributed by atoms with Gasteiger partial charge in [-0.1, -0.05) is 13.8 Å². The van der Waals surface area contributed by atoms with Gasteiger partial charge >= 0.3 is 0 Å². The van der Waals surface area contributed by atoms with E-state index in [1.807, 2.05) is 0 Å². The van der Waals surface area contributed by atoms with Gasteiger partial charge < -0.3 is 20.8 Å². The number of nitrogens with two attached hydrogens (primary N) is 1. The van der Waals surface area contributed by atoms with Gasteiger partial charge in [-0.2, -0.15) is 0 Å². The Bertz CT molecular complexity index is 467. The molecule has 0 saturated carbocycles. The lowest BCUT2D eigenvalue weighted by atomic mass is 10.0. The Morgan fingerprint density at radius 3 is 2.76 bits per heavy atom. The van der Waals surface area contributed by atoms with Crippen molar-refractivity contribution in [2.75, 3.05) is 13.1 Å². The van der Waals surface area contributed by atoms with Crippen molar-refractivity contribution in [2.24, 2.45) is 11.7 Å². The topological polar surface area (TPSA) is 97.4 Å².